The molecule has 0 saturated carbocycles. The Morgan fingerprint density at radius 1 is 1.42 bits per heavy atom. The summed E-state index contributed by atoms with van der Waals surface area (Å²) in [5, 5.41) is 3.87. The van der Waals surface area contributed by atoms with Crippen molar-refractivity contribution < 1.29 is 9.53 Å². The van der Waals surface area contributed by atoms with Crippen molar-refractivity contribution in [3.63, 3.8) is 0 Å². The van der Waals surface area contributed by atoms with Crippen molar-refractivity contribution in [3.05, 3.63) is 33.2 Å². The lowest BCUT2D eigenvalue weighted by atomic mass is 9.88. The number of hydrogen-bond acceptors (Lipinski definition) is 5. The number of nitrogens with one attached hydrogen (secondary N) is 1. The first-order chi connectivity index (χ1) is 11.4. The Bertz CT molecular complexity index is 818. The summed E-state index contributed by atoms with van der Waals surface area (Å²) in [6.45, 7) is 6.32. The number of benzene rings is 1. The van der Waals surface area contributed by atoms with Crippen LogP contribution in [0.15, 0.2) is 22.7 Å². The third-order valence-corrected chi connectivity index (χ3v) is 5.89. The average Bonchev–Trinajstić information content (AvgIpc) is 2.90. The minimum absolute atomic E-state index is 0.0120. The van der Waals surface area contributed by atoms with E-state index in [1.54, 1.807) is 0 Å². The molecule has 0 fully saturated rings. The molecule has 7 heteroatoms. The normalized spacial score (nSPS) is 19.0. The minimum atomic E-state index is -0.0120. The Balaban J connectivity index is 1.76. The summed E-state index contributed by atoms with van der Waals surface area (Å²) in [6.07, 6.45) is 0.799. The highest BCUT2D eigenvalue weighted by atomic mass is 79.9. The van der Waals surface area contributed by atoms with Crippen LogP contribution in [-0.4, -0.2) is 30.6 Å². The number of anilines is 2. The number of halogens is 1. The van der Waals surface area contributed by atoms with Crippen molar-refractivity contribution >= 4 is 44.0 Å². The van der Waals surface area contributed by atoms with Gasteiger partial charge >= 0.3 is 0 Å². The summed E-state index contributed by atoms with van der Waals surface area (Å²) in [6, 6.07) is 5.96. The number of rotatable bonds is 1. The maximum atomic E-state index is 12.4. The van der Waals surface area contributed by atoms with E-state index in [0.29, 0.717) is 13.2 Å². The molecule has 1 aromatic heterocycles. The molecule has 0 unspecified atom stereocenters. The smallest absolute Gasteiger partial charge is 0.263 e. The fourth-order valence-electron chi connectivity index (χ4n) is 3.06. The first-order valence-corrected chi connectivity index (χ1v) is 9.52. The molecule has 0 bridgehead atoms. The van der Waals surface area contributed by atoms with E-state index in [9.17, 15) is 4.79 Å². The first kappa shape index (κ1) is 15.9. The average molecular weight is 408 g/mol. The van der Waals surface area contributed by atoms with Gasteiger partial charge in [-0.2, -0.15) is 0 Å². The molecule has 0 spiro atoms. The lowest BCUT2D eigenvalue weighted by Gasteiger charge is -2.29. The number of carbonyl (C=O) groups excluding carboxylic acids is 1. The standard InChI is InChI=1S/C17H18BrN3O2S/c1-17(2)8-11-14(15(22)19-9-17)24-16(20-11)21-5-6-23-13-4-3-10(18)7-12(13)21/h3-4,7H,5-6,8-9H2,1-2H3,(H,19,22). The molecule has 24 heavy (non-hydrogen) atoms. The minimum Gasteiger partial charge on any atom is -0.490 e. The van der Waals surface area contributed by atoms with Crippen LogP contribution in [0.2, 0.25) is 0 Å². The molecule has 4 rings (SSSR count). The van der Waals surface area contributed by atoms with Crippen LogP contribution in [0, 0.1) is 5.41 Å². The molecule has 3 heterocycles. The van der Waals surface area contributed by atoms with Gasteiger partial charge in [-0.05, 0) is 30.0 Å². The van der Waals surface area contributed by atoms with Crippen LogP contribution in [0.5, 0.6) is 5.75 Å². The fraction of sp³-hybridized carbons (Fsp3) is 0.412. The molecule has 0 radical (unpaired) electrons. The monoisotopic (exact) mass is 407 g/mol. The molecular formula is C17H18BrN3O2S. The number of fused-ring (bicyclic) bond motifs is 2. The van der Waals surface area contributed by atoms with Gasteiger partial charge in [0.25, 0.3) is 5.91 Å². The van der Waals surface area contributed by atoms with Crippen LogP contribution in [0.1, 0.15) is 29.2 Å². The molecule has 1 N–H and O–H groups in total. The summed E-state index contributed by atoms with van der Waals surface area (Å²) in [7, 11) is 0. The van der Waals surface area contributed by atoms with Gasteiger partial charge in [0.2, 0.25) is 0 Å². The van der Waals surface area contributed by atoms with Gasteiger partial charge in [0.1, 0.15) is 17.2 Å². The highest BCUT2D eigenvalue weighted by molar-refractivity contribution is 9.10. The molecule has 1 aromatic carbocycles. The van der Waals surface area contributed by atoms with Crippen molar-refractivity contribution in [1.82, 2.24) is 10.3 Å². The van der Waals surface area contributed by atoms with Gasteiger partial charge in [-0.1, -0.05) is 41.1 Å². The van der Waals surface area contributed by atoms with E-state index in [2.05, 4.69) is 40.0 Å². The summed E-state index contributed by atoms with van der Waals surface area (Å²) >= 11 is 4.98. The maximum absolute atomic E-state index is 12.4. The Morgan fingerprint density at radius 2 is 2.25 bits per heavy atom. The van der Waals surface area contributed by atoms with Crippen molar-refractivity contribution in [3.8, 4) is 5.75 Å². The second-order valence-electron chi connectivity index (χ2n) is 6.91. The van der Waals surface area contributed by atoms with Crippen LogP contribution in [0.3, 0.4) is 0 Å². The lowest BCUT2D eigenvalue weighted by Crippen LogP contribution is -2.32. The molecule has 0 saturated heterocycles. The summed E-state index contributed by atoms with van der Waals surface area (Å²) in [4.78, 5) is 20.1. The predicted octanol–water partition coefficient (Wildman–Crippen LogP) is 3.75. The van der Waals surface area contributed by atoms with Gasteiger partial charge in [-0.25, -0.2) is 4.98 Å². The van der Waals surface area contributed by atoms with Crippen LogP contribution in [-0.2, 0) is 6.42 Å². The van der Waals surface area contributed by atoms with Crippen LogP contribution in [0.4, 0.5) is 10.8 Å². The highest BCUT2D eigenvalue weighted by Gasteiger charge is 2.32. The third kappa shape index (κ3) is 2.80. The predicted molar refractivity (Wildman–Crippen MR) is 98.6 cm³/mol. The van der Waals surface area contributed by atoms with Gasteiger partial charge in [0, 0.05) is 11.0 Å². The Labute approximate surface area is 153 Å². The summed E-state index contributed by atoms with van der Waals surface area (Å²) in [5.74, 6) is 0.835. The summed E-state index contributed by atoms with van der Waals surface area (Å²) in [5.41, 5.74) is 1.90. The van der Waals surface area contributed by atoms with E-state index < -0.39 is 0 Å². The molecule has 2 aromatic rings. The van der Waals surface area contributed by atoms with Gasteiger partial charge in [0.05, 0.1) is 17.9 Å². The molecule has 2 aliphatic heterocycles. The van der Waals surface area contributed by atoms with Crippen molar-refractivity contribution in [2.24, 2.45) is 5.41 Å². The SMILES string of the molecule is CC1(C)CNC(=O)c2sc(N3CCOc4ccc(Br)cc43)nc2C1. The van der Waals surface area contributed by atoms with Gasteiger partial charge in [0.15, 0.2) is 5.13 Å². The number of nitrogens with zero attached hydrogens (tertiary/aromatic N) is 2. The Hall–Kier alpha value is -1.60. The van der Waals surface area contributed by atoms with Crippen LogP contribution >= 0.6 is 27.3 Å². The second-order valence-corrected chi connectivity index (χ2v) is 8.80. The molecule has 5 nitrogen and oxygen atoms in total. The Morgan fingerprint density at radius 3 is 3.08 bits per heavy atom. The summed E-state index contributed by atoms with van der Waals surface area (Å²) < 4.78 is 6.74. The molecule has 1 amide bonds. The maximum Gasteiger partial charge on any atom is 0.263 e. The van der Waals surface area contributed by atoms with E-state index >= 15 is 0 Å². The highest BCUT2D eigenvalue weighted by Crippen LogP contribution is 2.41. The first-order valence-electron chi connectivity index (χ1n) is 7.91. The van der Waals surface area contributed by atoms with Gasteiger partial charge in [-0.15, -0.1) is 0 Å². The molecule has 126 valence electrons. The van der Waals surface area contributed by atoms with E-state index in [0.717, 1.165) is 44.6 Å². The molecular weight excluding hydrogens is 390 g/mol. The van der Waals surface area contributed by atoms with E-state index in [4.69, 9.17) is 9.72 Å². The number of aromatic nitrogens is 1. The largest absolute Gasteiger partial charge is 0.490 e. The fourth-order valence-corrected chi connectivity index (χ4v) is 4.44. The number of hydrogen-bond donors (Lipinski definition) is 1. The Kier molecular flexibility index (Phi) is 3.80. The molecule has 0 atom stereocenters. The van der Waals surface area contributed by atoms with E-state index in [1.165, 1.54) is 11.3 Å². The quantitative estimate of drug-likeness (QED) is 0.781. The van der Waals surface area contributed by atoms with E-state index in [1.807, 2.05) is 18.2 Å². The van der Waals surface area contributed by atoms with Crippen LogP contribution < -0.4 is 15.0 Å². The second kappa shape index (κ2) is 5.74. The number of amides is 1. The third-order valence-electron chi connectivity index (χ3n) is 4.28. The number of thiazole rings is 1. The van der Waals surface area contributed by atoms with Crippen molar-refractivity contribution in [2.75, 3.05) is 24.6 Å². The molecule has 0 aliphatic carbocycles. The van der Waals surface area contributed by atoms with E-state index in [-0.39, 0.29) is 11.3 Å². The zero-order valence-corrected chi connectivity index (χ0v) is 16.0. The van der Waals surface area contributed by atoms with Gasteiger partial charge < -0.3 is 15.0 Å². The number of carbonyl (C=O) groups is 1. The molecule has 2 aliphatic rings. The van der Waals surface area contributed by atoms with Gasteiger partial charge in [-0.3, -0.25) is 4.79 Å². The number of ether oxygens (including phenoxy) is 1. The topological polar surface area (TPSA) is 54.5 Å². The van der Waals surface area contributed by atoms with Crippen molar-refractivity contribution in [2.45, 2.75) is 20.3 Å². The van der Waals surface area contributed by atoms with Crippen LogP contribution in [0.25, 0.3) is 0 Å². The van der Waals surface area contributed by atoms with Crippen molar-refractivity contribution in [1.29, 1.82) is 0 Å². The lowest BCUT2D eigenvalue weighted by molar-refractivity contribution is 0.0948. The zero-order valence-electron chi connectivity index (χ0n) is 13.6. The zero-order chi connectivity index (χ0) is 16.9.